The molecule has 7 heteroatoms. The standard InChI is InChI=1S/C15H11F2N3O2/c1-6-4-7(16)5-9-11(6)12-8(2-3-10(17)18-12)15(9)13(21)19-14(22)20-15/h2-3,5-6H,4H2,1H3,(H2,19,20,21,22). The number of halogens is 2. The Bertz CT molecular complexity index is 815. The van der Waals surface area contributed by atoms with Crippen LogP contribution >= 0.6 is 0 Å². The van der Waals surface area contributed by atoms with E-state index in [1.54, 1.807) is 6.92 Å². The molecule has 4 rings (SSSR count). The predicted molar refractivity (Wildman–Crippen MR) is 72.4 cm³/mol. The van der Waals surface area contributed by atoms with E-state index in [0.29, 0.717) is 22.4 Å². The number of hydrogen-bond acceptors (Lipinski definition) is 3. The van der Waals surface area contributed by atoms with Crippen molar-refractivity contribution in [1.82, 2.24) is 15.6 Å². The summed E-state index contributed by atoms with van der Waals surface area (Å²) < 4.78 is 27.5. The monoisotopic (exact) mass is 303 g/mol. The summed E-state index contributed by atoms with van der Waals surface area (Å²) >= 11 is 0. The predicted octanol–water partition coefficient (Wildman–Crippen LogP) is 1.92. The molecule has 3 amide bonds. The first-order chi connectivity index (χ1) is 10.4. The quantitative estimate of drug-likeness (QED) is 0.568. The number of fused-ring (bicyclic) bond motifs is 4. The van der Waals surface area contributed by atoms with Crippen molar-refractivity contribution in [2.24, 2.45) is 5.92 Å². The number of urea groups is 1. The minimum absolute atomic E-state index is 0.155. The van der Waals surface area contributed by atoms with Crippen molar-refractivity contribution in [3.8, 4) is 0 Å². The van der Waals surface area contributed by atoms with Gasteiger partial charge >= 0.3 is 6.03 Å². The second kappa shape index (κ2) is 4.00. The summed E-state index contributed by atoms with van der Waals surface area (Å²) in [4.78, 5) is 28.0. The molecule has 0 radical (unpaired) electrons. The van der Waals surface area contributed by atoms with Gasteiger partial charge in [-0.15, -0.1) is 0 Å². The van der Waals surface area contributed by atoms with Gasteiger partial charge in [0.2, 0.25) is 5.95 Å². The molecule has 2 atom stereocenters. The molecule has 2 aliphatic carbocycles. The number of rotatable bonds is 0. The maximum absolute atomic E-state index is 13.9. The molecular weight excluding hydrogens is 292 g/mol. The Hall–Kier alpha value is -2.57. The zero-order chi connectivity index (χ0) is 15.6. The number of carbonyl (C=O) groups excluding carboxylic acids is 2. The van der Waals surface area contributed by atoms with Gasteiger partial charge in [0.25, 0.3) is 5.91 Å². The lowest BCUT2D eigenvalue weighted by Gasteiger charge is -2.26. The minimum atomic E-state index is -1.52. The highest BCUT2D eigenvalue weighted by Gasteiger charge is 2.57. The number of allylic oxidation sites excluding steroid dienone is 2. The fraction of sp³-hybridized carbons (Fsp3) is 0.267. The lowest BCUT2D eigenvalue weighted by molar-refractivity contribution is -0.122. The maximum atomic E-state index is 13.9. The summed E-state index contributed by atoms with van der Waals surface area (Å²) in [5, 5.41) is 4.74. The number of hydrogen-bond donors (Lipinski definition) is 2. The molecule has 0 aromatic carbocycles. The largest absolute Gasteiger partial charge is 0.322 e. The van der Waals surface area contributed by atoms with E-state index < -0.39 is 23.4 Å². The van der Waals surface area contributed by atoms with Crippen molar-refractivity contribution in [3.05, 3.63) is 46.8 Å². The van der Waals surface area contributed by atoms with Crippen LogP contribution in [0.4, 0.5) is 13.6 Å². The highest BCUT2D eigenvalue weighted by molar-refractivity contribution is 6.13. The van der Waals surface area contributed by atoms with Gasteiger partial charge in [0.1, 0.15) is 5.83 Å². The molecule has 5 nitrogen and oxygen atoms in total. The van der Waals surface area contributed by atoms with Crippen LogP contribution < -0.4 is 10.6 Å². The van der Waals surface area contributed by atoms with Crippen LogP contribution in [0.5, 0.6) is 0 Å². The Labute approximate surface area is 124 Å². The fourth-order valence-corrected chi connectivity index (χ4v) is 3.55. The Morgan fingerprint density at radius 2 is 2.09 bits per heavy atom. The number of pyridine rings is 1. The second-order valence-electron chi connectivity index (χ2n) is 5.71. The van der Waals surface area contributed by atoms with Crippen LogP contribution in [0.3, 0.4) is 0 Å². The molecule has 1 aromatic rings. The average Bonchev–Trinajstić information content (AvgIpc) is 2.86. The van der Waals surface area contributed by atoms with Gasteiger partial charge in [-0.1, -0.05) is 6.92 Å². The molecule has 22 heavy (non-hydrogen) atoms. The Balaban J connectivity index is 2.08. The third-order valence-corrected chi connectivity index (χ3v) is 4.38. The van der Waals surface area contributed by atoms with Gasteiger partial charge in [-0.3, -0.25) is 10.1 Å². The SMILES string of the molecule is CC1CC(F)=CC2=C1c1nc(F)ccc1C21NC(=O)NC1=O. The van der Waals surface area contributed by atoms with Gasteiger partial charge in [0.05, 0.1) is 5.69 Å². The molecule has 2 N–H and O–H groups in total. The fourth-order valence-electron chi connectivity index (χ4n) is 3.55. The van der Waals surface area contributed by atoms with Crippen molar-refractivity contribution in [1.29, 1.82) is 0 Å². The molecule has 1 saturated heterocycles. The number of aromatic nitrogens is 1. The number of nitrogens with zero attached hydrogens (tertiary/aromatic N) is 1. The van der Waals surface area contributed by atoms with Crippen molar-refractivity contribution >= 4 is 17.5 Å². The molecule has 1 aliphatic heterocycles. The molecule has 2 heterocycles. The van der Waals surface area contributed by atoms with E-state index in [-0.39, 0.29) is 18.2 Å². The van der Waals surface area contributed by atoms with E-state index in [2.05, 4.69) is 15.6 Å². The molecule has 2 unspecified atom stereocenters. The molecule has 1 aromatic heterocycles. The van der Waals surface area contributed by atoms with E-state index in [1.807, 2.05) is 0 Å². The lowest BCUT2D eigenvalue weighted by atomic mass is 9.82. The van der Waals surface area contributed by atoms with Crippen LogP contribution in [0, 0.1) is 11.9 Å². The topological polar surface area (TPSA) is 71.1 Å². The van der Waals surface area contributed by atoms with Gasteiger partial charge in [-0.2, -0.15) is 4.39 Å². The number of nitrogens with one attached hydrogen (secondary N) is 2. The molecule has 1 spiro atoms. The van der Waals surface area contributed by atoms with E-state index >= 15 is 0 Å². The molecule has 3 aliphatic rings. The van der Waals surface area contributed by atoms with Crippen LogP contribution in [0.1, 0.15) is 24.6 Å². The highest BCUT2D eigenvalue weighted by atomic mass is 19.1. The maximum Gasteiger partial charge on any atom is 0.322 e. The summed E-state index contributed by atoms with van der Waals surface area (Å²) in [6, 6.07) is 1.88. The normalized spacial score (nSPS) is 29.2. The van der Waals surface area contributed by atoms with E-state index in [9.17, 15) is 18.4 Å². The van der Waals surface area contributed by atoms with Crippen molar-refractivity contribution in [2.45, 2.75) is 18.9 Å². The summed E-state index contributed by atoms with van der Waals surface area (Å²) in [7, 11) is 0. The van der Waals surface area contributed by atoms with Crippen molar-refractivity contribution in [2.75, 3.05) is 0 Å². The Morgan fingerprint density at radius 3 is 2.77 bits per heavy atom. The lowest BCUT2D eigenvalue weighted by Crippen LogP contribution is -2.44. The molecule has 112 valence electrons. The van der Waals surface area contributed by atoms with Gasteiger partial charge in [-0.25, -0.2) is 14.2 Å². The third-order valence-electron chi connectivity index (χ3n) is 4.38. The number of carbonyl (C=O) groups is 2. The first kappa shape index (κ1) is 13.1. The zero-order valence-corrected chi connectivity index (χ0v) is 11.5. The molecule has 0 saturated carbocycles. The van der Waals surface area contributed by atoms with E-state index in [1.165, 1.54) is 12.1 Å². The highest BCUT2D eigenvalue weighted by Crippen LogP contribution is 2.52. The number of amides is 3. The molecular formula is C15H11F2N3O2. The van der Waals surface area contributed by atoms with E-state index in [0.717, 1.165) is 6.07 Å². The average molecular weight is 303 g/mol. The third kappa shape index (κ3) is 1.43. The second-order valence-corrected chi connectivity index (χ2v) is 5.71. The first-order valence-electron chi connectivity index (χ1n) is 6.85. The molecule has 0 bridgehead atoms. The van der Waals surface area contributed by atoms with Gasteiger partial charge < -0.3 is 5.32 Å². The summed E-state index contributed by atoms with van der Waals surface area (Å²) in [5.74, 6) is -1.93. The van der Waals surface area contributed by atoms with Crippen LogP contribution in [0.25, 0.3) is 5.57 Å². The van der Waals surface area contributed by atoms with E-state index in [4.69, 9.17) is 0 Å². The van der Waals surface area contributed by atoms with Crippen LogP contribution in [-0.4, -0.2) is 16.9 Å². The zero-order valence-electron chi connectivity index (χ0n) is 11.5. The van der Waals surface area contributed by atoms with Gasteiger partial charge in [0, 0.05) is 12.0 Å². The first-order valence-corrected chi connectivity index (χ1v) is 6.85. The summed E-state index contributed by atoms with van der Waals surface area (Å²) in [6.07, 6.45) is 1.40. The molecule has 1 fully saturated rings. The number of imide groups is 1. The summed E-state index contributed by atoms with van der Waals surface area (Å²) in [5.41, 5.74) is 0.103. The Kier molecular flexibility index (Phi) is 2.38. The van der Waals surface area contributed by atoms with Gasteiger partial charge in [0.15, 0.2) is 5.54 Å². The van der Waals surface area contributed by atoms with Crippen molar-refractivity contribution in [3.63, 3.8) is 0 Å². The van der Waals surface area contributed by atoms with Crippen LogP contribution in [-0.2, 0) is 10.3 Å². The minimum Gasteiger partial charge on any atom is -0.316 e. The van der Waals surface area contributed by atoms with Crippen LogP contribution in [0.2, 0.25) is 0 Å². The van der Waals surface area contributed by atoms with Crippen molar-refractivity contribution < 1.29 is 18.4 Å². The Morgan fingerprint density at radius 1 is 1.32 bits per heavy atom. The van der Waals surface area contributed by atoms with Gasteiger partial charge in [-0.05, 0) is 35.3 Å². The summed E-state index contributed by atoms with van der Waals surface area (Å²) in [6.45, 7) is 1.78. The smallest absolute Gasteiger partial charge is 0.316 e. The van der Waals surface area contributed by atoms with Crippen LogP contribution in [0.15, 0.2) is 29.6 Å².